The molecule has 0 saturated heterocycles. The highest BCUT2D eigenvalue weighted by molar-refractivity contribution is 8.04. The third-order valence-corrected chi connectivity index (χ3v) is 4.27. The smallest absolute Gasteiger partial charge is 0.304 e. The fourth-order valence-electron chi connectivity index (χ4n) is 1.71. The summed E-state index contributed by atoms with van der Waals surface area (Å²) in [6, 6.07) is 0. The van der Waals surface area contributed by atoms with Gasteiger partial charge >= 0.3 is 5.97 Å². The molecule has 1 rings (SSSR count). The number of hydrogen-bond donors (Lipinski definition) is 1. The third-order valence-electron chi connectivity index (χ3n) is 2.30. The Bertz CT molecular complexity index is 551. The Kier molecular flexibility index (Phi) is 5.77. The van der Waals surface area contributed by atoms with Gasteiger partial charge in [-0.1, -0.05) is 0 Å². The van der Waals surface area contributed by atoms with E-state index in [9.17, 15) is 13.2 Å². The van der Waals surface area contributed by atoms with Gasteiger partial charge in [0, 0.05) is 25.2 Å². The largest absolute Gasteiger partial charge is 0.440 e. The van der Waals surface area contributed by atoms with Crippen LogP contribution in [-0.2, 0) is 19.6 Å². The minimum Gasteiger partial charge on any atom is -0.440 e. The number of nitrogens with one attached hydrogen (secondary N) is 1. The number of hydrogen-bond acceptors (Lipinski definition) is 6. The molecule has 0 fully saturated rings. The van der Waals surface area contributed by atoms with Crippen molar-refractivity contribution in [1.29, 1.82) is 0 Å². The van der Waals surface area contributed by atoms with Crippen molar-refractivity contribution in [2.45, 2.75) is 39.5 Å². The molecular weight excluding hydrogens is 318 g/mol. The van der Waals surface area contributed by atoms with Crippen LogP contribution >= 0.6 is 11.6 Å². The maximum atomic E-state index is 12.4. The zero-order chi connectivity index (χ0) is 16.3. The van der Waals surface area contributed by atoms with E-state index in [-0.39, 0.29) is 17.6 Å². The summed E-state index contributed by atoms with van der Waals surface area (Å²) < 4.78 is 32.4. The Morgan fingerprint density at radius 2 is 2.19 bits per heavy atom. The summed E-state index contributed by atoms with van der Waals surface area (Å²) in [5.74, 6) is -0.618. The number of alkyl halides is 1. The van der Waals surface area contributed by atoms with Crippen LogP contribution in [0.1, 0.15) is 27.7 Å². The maximum absolute atomic E-state index is 12.4. The first-order valence-corrected chi connectivity index (χ1v) is 8.35. The number of carbonyl (C=O) groups excluding carboxylic acids is 1. The summed E-state index contributed by atoms with van der Waals surface area (Å²) in [5, 5.41) is -0.216. The fourth-order valence-corrected chi connectivity index (χ4v) is 3.54. The van der Waals surface area contributed by atoms with Gasteiger partial charge < -0.3 is 9.64 Å². The molecule has 9 heteroatoms. The first-order chi connectivity index (χ1) is 9.57. The van der Waals surface area contributed by atoms with Crippen molar-refractivity contribution in [3.8, 4) is 0 Å². The van der Waals surface area contributed by atoms with Gasteiger partial charge in [0.2, 0.25) is 5.17 Å². The average molecular weight is 338 g/mol. The molecular formula is C12H20ClN3O4S. The van der Waals surface area contributed by atoms with E-state index >= 15 is 0 Å². The molecule has 0 amide bonds. The third kappa shape index (κ3) is 5.29. The summed E-state index contributed by atoms with van der Waals surface area (Å²) in [6.07, 6.45) is 2.15. The van der Waals surface area contributed by atoms with E-state index in [1.807, 2.05) is 0 Å². The number of carbonyl (C=O) groups is 1. The molecule has 0 aliphatic carbocycles. The van der Waals surface area contributed by atoms with Gasteiger partial charge in [-0.3, -0.25) is 4.79 Å². The van der Waals surface area contributed by atoms with Crippen molar-refractivity contribution in [1.82, 2.24) is 9.62 Å². The second kappa shape index (κ2) is 6.76. The zero-order valence-electron chi connectivity index (χ0n) is 12.5. The van der Waals surface area contributed by atoms with Crippen LogP contribution < -0.4 is 4.72 Å². The summed E-state index contributed by atoms with van der Waals surface area (Å²) in [5.41, 5.74) is -0.661. The first kappa shape index (κ1) is 17.9. The number of sulfonamides is 1. The predicted octanol–water partition coefficient (Wildman–Crippen LogP) is 1.02. The Balaban J connectivity index is 3.09. The van der Waals surface area contributed by atoms with Crippen LogP contribution in [0.25, 0.3) is 0 Å². The lowest BCUT2D eigenvalue weighted by atomic mass is 10.1. The van der Waals surface area contributed by atoms with Crippen LogP contribution in [0.2, 0.25) is 0 Å². The monoisotopic (exact) mass is 337 g/mol. The van der Waals surface area contributed by atoms with Crippen molar-refractivity contribution in [2.24, 2.45) is 4.99 Å². The van der Waals surface area contributed by atoms with Gasteiger partial charge in [-0.25, -0.2) is 18.1 Å². The first-order valence-electron chi connectivity index (χ1n) is 6.33. The lowest BCUT2D eigenvalue weighted by Gasteiger charge is -2.33. The lowest BCUT2D eigenvalue weighted by molar-refractivity contribution is -0.150. The molecule has 0 spiro atoms. The molecule has 21 heavy (non-hydrogen) atoms. The van der Waals surface area contributed by atoms with Gasteiger partial charge in [0.05, 0.1) is 5.88 Å². The molecule has 1 unspecified atom stereocenters. The molecule has 7 nitrogen and oxygen atoms in total. The lowest BCUT2D eigenvalue weighted by Crippen LogP contribution is -2.53. The Morgan fingerprint density at radius 1 is 1.57 bits per heavy atom. The van der Waals surface area contributed by atoms with Gasteiger partial charge in [0.15, 0.2) is 6.23 Å². The van der Waals surface area contributed by atoms with Crippen LogP contribution in [-0.4, -0.2) is 48.6 Å². The molecule has 1 aliphatic heterocycles. The van der Waals surface area contributed by atoms with Crippen LogP contribution in [0.5, 0.6) is 0 Å². The van der Waals surface area contributed by atoms with E-state index in [1.54, 1.807) is 26.8 Å². The number of ether oxygens (including phenoxy) is 1. The Labute approximate surface area is 130 Å². The quantitative estimate of drug-likeness (QED) is 0.611. The summed E-state index contributed by atoms with van der Waals surface area (Å²) in [7, 11) is -3.86. The second-order valence-electron chi connectivity index (χ2n) is 5.52. The van der Waals surface area contributed by atoms with Gasteiger partial charge in [-0.2, -0.15) is 0 Å². The van der Waals surface area contributed by atoms with Crippen molar-refractivity contribution in [2.75, 3.05) is 12.4 Å². The number of aliphatic imine (C=N–C) groups is 1. The Hall–Kier alpha value is -1.12. The highest BCUT2D eigenvalue weighted by atomic mass is 35.5. The highest BCUT2D eigenvalue weighted by Gasteiger charge is 2.35. The molecule has 0 aromatic carbocycles. The zero-order valence-corrected chi connectivity index (χ0v) is 14.0. The molecule has 1 atom stereocenters. The SMILES string of the molecule is CC(=O)OC(CCl)N1CC=CN=C1S(=O)(=O)NC(C)(C)C. The summed E-state index contributed by atoms with van der Waals surface area (Å²) in [6.45, 7) is 6.63. The van der Waals surface area contributed by atoms with Crippen molar-refractivity contribution < 1.29 is 17.9 Å². The highest BCUT2D eigenvalue weighted by Crippen LogP contribution is 2.15. The number of halogens is 1. The van der Waals surface area contributed by atoms with Crippen LogP contribution in [0.15, 0.2) is 17.3 Å². The molecule has 1 heterocycles. The fraction of sp³-hybridized carbons (Fsp3) is 0.667. The number of rotatable bonds is 4. The molecule has 0 aromatic heterocycles. The van der Waals surface area contributed by atoms with Crippen LogP contribution in [0.4, 0.5) is 0 Å². The van der Waals surface area contributed by atoms with Crippen molar-refractivity contribution in [3.63, 3.8) is 0 Å². The molecule has 0 saturated carbocycles. The predicted molar refractivity (Wildman–Crippen MR) is 81.4 cm³/mol. The van der Waals surface area contributed by atoms with E-state index in [4.69, 9.17) is 16.3 Å². The van der Waals surface area contributed by atoms with E-state index in [2.05, 4.69) is 9.71 Å². The Morgan fingerprint density at radius 3 is 2.67 bits per heavy atom. The molecule has 1 N–H and O–H groups in total. The van der Waals surface area contributed by atoms with E-state index in [1.165, 1.54) is 18.0 Å². The second-order valence-corrected chi connectivity index (χ2v) is 7.41. The number of esters is 1. The topological polar surface area (TPSA) is 88.1 Å². The van der Waals surface area contributed by atoms with Gasteiger partial charge in [-0.15, -0.1) is 11.6 Å². The average Bonchev–Trinajstić information content (AvgIpc) is 2.33. The van der Waals surface area contributed by atoms with Crippen molar-refractivity contribution in [3.05, 3.63) is 12.3 Å². The molecule has 1 aliphatic rings. The number of nitrogens with zero attached hydrogens (tertiary/aromatic N) is 2. The molecule has 0 bridgehead atoms. The normalized spacial score (nSPS) is 17.4. The van der Waals surface area contributed by atoms with E-state index < -0.39 is 27.8 Å². The van der Waals surface area contributed by atoms with E-state index in [0.29, 0.717) is 0 Å². The minimum atomic E-state index is -3.86. The van der Waals surface area contributed by atoms with Gasteiger partial charge in [0.1, 0.15) is 0 Å². The van der Waals surface area contributed by atoms with Crippen LogP contribution in [0.3, 0.4) is 0 Å². The van der Waals surface area contributed by atoms with Crippen molar-refractivity contribution >= 4 is 32.8 Å². The molecule has 0 aromatic rings. The standard InChI is InChI=1S/C12H20ClN3O4S/c1-9(17)20-10(8-13)16-7-5-6-14-11(16)21(18,19)15-12(2,3)4/h5-6,10,15H,7-8H2,1-4H3. The summed E-state index contributed by atoms with van der Waals surface area (Å²) >= 11 is 5.78. The maximum Gasteiger partial charge on any atom is 0.304 e. The van der Waals surface area contributed by atoms with E-state index in [0.717, 1.165) is 0 Å². The minimum absolute atomic E-state index is 0.0719. The summed E-state index contributed by atoms with van der Waals surface area (Å²) in [4.78, 5) is 16.4. The molecule has 120 valence electrons. The van der Waals surface area contributed by atoms with Crippen LogP contribution in [0, 0.1) is 0 Å². The van der Waals surface area contributed by atoms with Gasteiger partial charge in [-0.05, 0) is 26.8 Å². The van der Waals surface area contributed by atoms with Gasteiger partial charge in [0.25, 0.3) is 10.0 Å². The number of amidine groups is 1. The molecule has 0 radical (unpaired) electrons.